The molecule has 0 saturated carbocycles. The molecular weight excluding hydrogens is 1040 g/mol. The smallest absolute Gasteiger partial charge is 0.343 e. The van der Waals surface area contributed by atoms with Gasteiger partial charge < -0.3 is 18.9 Å². The first-order valence-electron chi connectivity index (χ1n) is 15.6. The Hall–Kier alpha value is -2.90. The van der Waals surface area contributed by atoms with Gasteiger partial charge in [0.15, 0.2) is 48.0 Å². The van der Waals surface area contributed by atoms with Gasteiger partial charge in [0.05, 0.1) is 24.0 Å². The number of thiol groups is 1. The molecule has 0 unspecified atom stereocenters. The van der Waals surface area contributed by atoms with E-state index in [-0.39, 0.29) is 31.9 Å². The lowest BCUT2D eigenvalue weighted by Gasteiger charge is -2.10. The summed E-state index contributed by atoms with van der Waals surface area (Å²) in [6.45, 7) is -0.712. The first-order chi connectivity index (χ1) is 26.8. The van der Waals surface area contributed by atoms with Crippen LogP contribution >= 0.6 is 72.2 Å². The molecule has 4 aromatic carbocycles. The van der Waals surface area contributed by atoms with Crippen LogP contribution in [-0.2, 0) is 39.1 Å². The Labute approximate surface area is 361 Å². The molecule has 0 amide bonds. The van der Waals surface area contributed by atoms with Crippen LogP contribution in [0.4, 0.5) is 17.6 Å². The Bertz CT molecular complexity index is 2130. The summed E-state index contributed by atoms with van der Waals surface area (Å²) in [7, 11) is -4.73. The number of alkyl halides is 1. The number of ether oxygens (including phenoxy) is 4. The fourth-order valence-corrected chi connectivity index (χ4v) is 7.96. The van der Waals surface area contributed by atoms with Crippen molar-refractivity contribution in [2.75, 3.05) is 51.6 Å². The molecule has 0 spiro atoms. The van der Waals surface area contributed by atoms with E-state index in [4.69, 9.17) is 4.74 Å². The highest BCUT2D eigenvalue weighted by atomic mass is 79.9. The third-order valence-corrected chi connectivity index (χ3v) is 12.0. The predicted molar refractivity (Wildman–Crippen MR) is 218 cm³/mol. The molecule has 2 N–H and O–H groups in total. The first-order valence-corrected chi connectivity index (χ1v) is 22.7. The first kappa shape index (κ1) is 50.2. The Kier molecular flexibility index (Phi) is 21.9. The fourth-order valence-electron chi connectivity index (χ4n) is 3.73. The minimum atomic E-state index is -3.67. The maximum Gasteiger partial charge on any atom is 0.343 e. The van der Waals surface area contributed by atoms with E-state index in [9.17, 15) is 44.0 Å². The molecule has 0 aliphatic carbocycles. The highest BCUT2D eigenvalue weighted by Gasteiger charge is 2.17. The SMILES string of the molecule is COC(=O)COc1c(F)cc(S)cc1F.COC(=O)COc1c(F)cc(SCCNS(=O)(=O)c2ccc(Br)cc2)cc1F.O=S(=O)(NCCBr)c1ccc(Br)cc1. The van der Waals surface area contributed by atoms with Crippen molar-refractivity contribution >= 4 is 104 Å². The van der Waals surface area contributed by atoms with Crippen molar-refractivity contribution in [1.82, 2.24) is 9.44 Å². The molecule has 0 saturated heterocycles. The topological polar surface area (TPSA) is 163 Å². The normalized spacial score (nSPS) is 11.0. The van der Waals surface area contributed by atoms with Gasteiger partial charge in [-0.05, 0) is 72.8 Å². The Morgan fingerprint density at radius 1 is 0.667 bits per heavy atom. The minimum Gasteiger partial charge on any atom is -0.476 e. The van der Waals surface area contributed by atoms with Crippen molar-refractivity contribution in [3.8, 4) is 11.5 Å². The van der Waals surface area contributed by atoms with Gasteiger partial charge in [0.25, 0.3) is 0 Å². The van der Waals surface area contributed by atoms with Crippen molar-refractivity contribution in [2.45, 2.75) is 19.6 Å². The van der Waals surface area contributed by atoms with Gasteiger partial charge in [-0.2, -0.15) is 0 Å². The van der Waals surface area contributed by atoms with Crippen LogP contribution in [0.2, 0.25) is 0 Å². The molecule has 57 heavy (non-hydrogen) atoms. The van der Waals surface area contributed by atoms with Gasteiger partial charge in [-0.25, -0.2) is 53.4 Å². The second-order valence-electron chi connectivity index (χ2n) is 10.4. The number of carbonyl (C=O) groups is 2. The lowest BCUT2D eigenvalue weighted by molar-refractivity contribution is -0.143. The van der Waals surface area contributed by atoms with Gasteiger partial charge in [0, 0.05) is 42.9 Å². The molecule has 0 bridgehead atoms. The molecule has 0 radical (unpaired) electrons. The second-order valence-corrected chi connectivity index (χ2v) is 18.3. The average Bonchev–Trinajstić information content (AvgIpc) is 3.15. The van der Waals surface area contributed by atoms with Crippen LogP contribution in [0.5, 0.6) is 11.5 Å². The van der Waals surface area contributed by atoms with Gasteiger partial charge in [-0.15, -0.1) is 24.4 Å². The number of methoxy groups -OCH3 is 2. The number of hydrogen-bond donors (Lipinski definition) is 3. The van der Waals surface area contributed by atoms with Crippen molar-refractivity contribution in [1.29, 1.82) is 0 Å². The third-order valence-electron chi connectivity index (χ3n) is 6.38. The molecule has 4 aromatic rings. The highest BCUT2D eigenvalue weighted by Crippen LogP contribution is 2.29. The summed E-state index contributed by atoms with van der Waals surface area (Å²) in [5, 5.41) is 0.600. The van der Waals surface area contributed by atoms with E-state index >= 15 is 0 Å². The monoisotopic (exact) mass is 1070 g/mol. The molecule has 312 valence electrons. The summed E-state index contributed by atoms with van der Waals surface area (Å²) in [6, 6.07) is 16.7. The van der Waals surface area contributed by atoms with Gasteiger partial charge in [-0.1, -0.05) is 47.8 Å². The average molecular weight is 1070 g/mol. The zero-order valence-electron chi connectivity index (χ0n) is 29.6. The Morgan fingerprint density at radius 3 is 1.40 bits per heavy atom. The molecule has 4 rings (SSSR count). The van der Waals surface area contributed by atoms with Crippen LogP contribution in [0.15, 0.2) is 101 Å². The van der Waals surface area contributed by atoms with E-state index in [1.807, 2.05) is 0 Å². The number of thioether (sulfide) groups is 1. The molecule has 0 heterocycles. The summed E-state index contributed by atoms with van der Waals surface area (Å²) in [5.74, 6) is -6.30. The summed E-state index contributed by atoms with van der Waals surface area (Å²) >= 11 is 14.5. The van der Waals surface area contributed by atoms with Gasteiger partial charge >= 0.3 is 11.9 Å². The Morgan fingerprint density at radius 2 is 1.04 bits per heavy atom. The van der Waals surface area contributed by atoms with Gasteiger partial charge in [-0.3, -0.25) is 0 Å². The van der Waals surface area contributed by atoms with Crippen molar-refractivity contribution in [3.05, 3.63) is 105 Å². The van der Waals surface area contributed by atoms with E-state index in [2.05, 4.69) is 84.1 Å². The standard InChI is InChI=1S/C17H16BrF2NO5S2.C9H8F2O3S.C8H9Br2NO2S/c1-25-16(22)10-26-17-14(19)8-12(9-15(17)20)27-7-6-21-28(23,24)13-4-2-11(18)3-5-13;1-13-8(12)4-14-9-6(10)2-5(15)3-7(9)11;9-5-6-11-14(12,13)8-3-1-7(10)2-4-8/h2-5,8-9,21H,6-7,10H2,1H3;2-3,15H,4H2,1H3;1-4,11H,5-6H2. The van der Waals surface area contributed by atoms with Gasteiger partial charge in [0.2, 0.25) is 20.0 Å². The maximum atomic E-state index is 14.0. The molecule has 0 aliphatic rings. The van der Waals surface area contributed by atoms with E-state index in [1.165, 1.54) is 12.1 Å². The van der Waals surface area contributed by atoms with Crippen LogP contribution in [-0.4, -0.2) is 80.4 Å². The van der Waals surface area contributed by atoms with Crippen LogP contribution in [0.25, 0.3) is 0 Å². The minimum absolute atomic E-state index is 0.0624. The van der Waals surface area contributed by atoms with Crippen LogP contribution in [0.1, 0.15) is 0 Å². The third kappa shape index (κ3) is 17.9. The van der Waals surface area contributed by atoms with Crippen LogP contribution in [0, 0.1) is 23.3 Å². The molecule has 0 fully saturated rings. The van der Waals surface area contributed by atoms with Crippen LogP contribution < -0.4 is 18.9 Å². The van der Waals surface area contributed by atoms with E-state index in [0.29, 0.717) is 11.9 Å². The quantitative estimate of drug-likeness (QED) is 0.0258. The maximum absolute atomic E-state index is 14.0. The van der Waals surface area contributed by atoms with Crippen molar-refractivity contribution < 1.29 is 62.9 Å². The number of halogens is 7. The number of carbonyl (C=O) groups excluding carboxylic acids is 2. The number of hydrogen-bond acceptors (Lipinski definition) is 12. The number of sulfonamides is 2. The number of rotatable bonds is 16. The van der Waals surface area contributed by atoms with Gasteiger partial charge in [0.1, 0.15) is 0 Å². The summed E-state index contributed by atoms with van der Waals surface area (Å²) in [5.41, 5.74) is 0. The van der Waals surface area contributed by atoms with E-state index in [0.717, 1.165) is 59.2 Å². The van der Waals surface area contributed by atoms with E-state index in [1.54, 1.807) is 36.4 Å². The number of benzene rings is 4. The molecule has 0 aliphatic heterocycles. The van der Waals surface area contributed by atoms with E-state index < -0.39 is 80.0 Å². The van der Waals surface area contributed by atoms with Crippen molar-refractivity contribution in [2.24, 2.45) is 0 Å². The summed E-state index contributed by atoms with van der Waals surface area (Å²) in [6.07, 6.45) is 0. The lowest BCUT2D eigenvalue weighted by Crippen LogP contribution is -2.26. The summed E-state index contributed by atoms with van der Waals surface area (Å²) < 4.78 is 126. The molecule has 0 atom stereocenters. The molecule has 23 heteroatoms. The zero-order chi connectivity index (χ0) is 42.8. The molecule has 0 aromatic heterocycles. The number of nitrogens with one attached hydrogen (secondary N) is 2. The molecular formula is C34H33Br3F4N2O10S4. The predicted octanol–water partition coefficient (Wildman–Crippen LogP) is 7.28. The second kappa shape index (κ2) is 24.9. The van der Waals surface area contributed by atoms with Crippen LogP contribution in [0.3, 0.4) is 0 Å². The molecule has 12 nitrogen and oxygen atoms in total. The Balaban J connectivity index is 0.000000325. The zero-order valence-corrected chi connectivity index (χ0v) is 37.7. The largest absolute Gasteiger partial charge is 0.476 e. The highest BCUT2D eigenvalue weighted by molar-refractivity contribution is 9.10. The van der Waals surface area contributed by atoms with Crippen molar-refractivity contribution in [3.63, 3.8) is 0 Å². The lowest BCUT2D eigenvalue weighted by atomic mass is 10.3. The number of esters is 2. The fraction of sp³-hybridized carbons (Fsp3) is 0.235. The summed E-state index contributed by atoms with van der Waals surface area (Å²) in [4.78, 5) is 22.4.